The van der Waals surface area contributed by atoms with E-state index < -0.39 is 6.03 Å². The van der Waals surface area contributed by atoms with Gasteiger partial charge in [0.15, 0.2) is 0 Å². The third kappa shape index (κ3) is 3.23. The van der Waals surface area contributed by atoms with Crippen LogP contribution in [-0.4, -0.2) is 39.0 Å². The van der Waals surface area contributed by atoms with Gasteiger partial charge in [0.2, 0.25) is 5.13 Å². The Hall–Kier alpha value is -2.45. The van der Waals surface area contributed by atoms with Gasteiger partial charge in [-0.05, 0) is 18.1 Å². The normalized spacial score (nSPS) is 12.2. The lowest BCUT2D eigenvalue weighted by atomic mass is 10.1. The SMILES string of the molecule is O=C(Nc1nncs1)NC(CO)Cc1c[nH]c2ccccc12. The number of fused-ring (bicyclic) bond motifs is 1. The second-order valence-corrected chi connectivity index (χ2v) is 5.62. The number of anilines is 1. The Balaban J connectivity index is 1.65. The number of amides is 2. The zero-order valence-electron chi connectivity index (χ0n) is 11.6. The highest BCUT2D eigenvalue weighted by atomic mass is 32.1. The predicted molar refractivity (Wildman–Crippen MR) is 84.9 cm³/mol. The molecule has 1 aromatic carbocycles. The van der Waals surface area contributed by atoms with Gasteiger partial charge in [-0.1, -0.05) is 29.5 Å². The fourth-order valence-electron chi connectivity index (χ4n) is 2.27. The van der Waals surface area contributed by atoms with Crippen LogP contribution in [0, 0.1) is 0 Å². The number of H-pyrrole nitrogens is 1. The number of carbonyl (C=O) groups is 1. The van der Waals surface area contributed by atoms with Crippen molar-refractivity contribution in [1.29, 1.82) is 0 Å². The van der Waals surface area contributed by atoms with Crippen LogP contribution in [0.25, 0.3) is 10.9 Å². The summed E-state index contributed by atoms with van der Waals surface area (Å²) in [4.78, 5) is 15.1. The Morgan fingerprint density at radius 3 is 3.05 bits per heavy atom. The van der Waals surface area contributed by atoms with Crippen LogP contribution in [0.2, 0.25) is 0 Å². The Morgan fingerprint density at radius 2 is 2.27 bits per heavy atom. The molecule has 114 valence electrons. The molecule has 0 aliphatic heterocycles. The summed E-state index contributed by atoms with van der Waals surface area (Å²) in [5, 5.41) is 23.7. The molecule has 0 radical (unpaired) electrons. The van der Waals surface area contributed by atoms with Crippen molar-refractivity contribution in [1.82, 2.24) is 20.5 Å². The standard InChI is InChI=1S/C14H15N5O2S/c20-7-10(17-13(21)18-14-19-16-8-22-14)5-9-6-15-12-4-2-1-3-11(9)12/h1-4,6,8,10,15,20H,5,7H2,(H2,17,18,19,21). The van der Waals surface area contributed by atoms with Crippen molar-refractivity contribution >= 4 is 33.4 Å². The number of benzene rings is 1. The van der Waals surface area contributed by atoms with Gasteiger partial charge in [-0.3, -0.25) is 5.32 Å². The molecule has 0 aliphatic rings. The zero-order valence-corrected chi connectivity index (χ0v) is 12.4. The van der Waals surface area contributed by atoms with Crippen LogP contribution >= 0.6 is 11.3 Å². The van der Waals surface area contributed by atoms with Crippen LogP contribution in [-0.2, 0) is 6.42 Å². The fraction of sp³-hybridized carbons (Fsp3) is 0.214. The molecule has 2 amide bonds. The topological polar surface area (TPSA) is 103 Å². The van der Waals surface area contributed by atoms with Gasteiger partial charge in [-0.15, -0.1) is 10.2 Å². The van der Waals surface area contributed by atoms with Crippen LogP contribution in [0.5, 0.6) is 0 Å². The number of nitrogens with one attached hydrogen (secondary N) is 3. The number of aliphatic hydroxyl groups excluding tert-OH is 1. The number of urea groups is 1. The minimum atomic E-state index is -0.407. The summed E-state index contributed by atoms with van der Waals surface area (Å²) in [6.45, 7) is -0.150. The molecule has 8 heteroatoms. The molecule has 0 saturated carbocycles. The van der Waals surface area contributed by atoms with Crippen molar-refractivity contribution in [2.75, 3.05) is 11.9 Å². The van der Waals surface area contributed by atoms with Gasteiger partial charge in [-0.2, -0.15) is 0 Å². The highest BCUT2D eigenvalue weighted by Gasteiger charge is 2.15. The van der Waals surface area contributed by atoms with Crippen molar-refractivity contribution in [3.05, 3.63) is 41.5 Å². The van der Waals surface area contributed by atoms with E-state index in [-0.39, 0.29) is 12.6 Å². The molecule has 0 spiro atoms. The second-order valence-electron chi connectivity index (χ2n) is 4.79. The van der Waals surface area contributed by atoms with Crippen LogP contribution in [0.4, 0.5) is 9.93 Å². The minimum absolute atomic E-state index is 0.150. The van der Waals surface area contributed by atoms with Gasteiger partial charge in [0.1, 0.15) is 5.51 Å². The van der Waals surface area contributed by atoms with Gasteiger partial charge < -0.3 is 15.4 Å². The van der Waals surface area contributed by atoms with E-state index >= 15 is 0 Å². The third-order valence-electron chi connectivity index (χ3n) is 3.28. The zero-order chi connectivity index (χ0) is 15.4. The van der Waals surface area contributed by atoms with Crippen LogP contribution in [0.15, 0.2) is 36.0 Å². The highest BCUT2D eigenvalue weighted by molar-refractivity contribution is 7.13. The quantitative estimate of drug-likeness (QED) is 0.575. The van der Waals surface area contributed by atoms with Crippen molar-refractivity contribution in [3.63, 3.8) is 0 Å². The van der Waals surface area contributed by atoms with E-state index in [9.17, 15) is 9.90 Å². The smallest absolute Gasteiger partial charge is 0.321 e. The average Bonchev–Trinajstić information content (AvgIpc) is 3.17. The van der Waals surface area contributed by atoms with Crippen molar-refractivity contribution in [2.24, 2.45) is 0 Å². The summed E-state index contributed by atoms with van der Waals surface area (Å²) in [5.41, 5.74) is 3.61. The minimum Gasteiger partial charge on any atom is -0.394 e. The molecule has 0 aliphatic carbocycles. The van der Waals surface area contributed by atoms with E-state index in [0.29, 0.717) is 11.6 Å². The summed E-state index contributed by atoms with van der Waals surface area (Å²) < 4.78 is 0. The summed E-state index contributed by atoms with van der Waals surface area (Å²) in [5.74, 6) is 0. The van der Waals surface area contributed by atoms with Crippen LogP contribution in [0.3, 0.4) is 0 Å². The van der Waals surface area contributed by atoms with Crippen molar-refractivity contribution < 1.29 is 9.90 Å². The monoisotopic (exact) mass is 317 g/mol. The second kappa shape index (κ2) is 6.54. The Morgan fingerprint density at radius 1 is 1.41 bits per heavy atom. The van der Waals surface area contributed by atoms with Gasteiger partial charge in [0.05, 0.1) is 12.6 Å². The number of hydrogen-bond donors (Lipinski definition) is 4. The molecule has 0 saturated heterocycles. The molecule has 4 N–H and O–H groups in total. The lowest BCUT2D eigenvalue weighted by molar-refractivity contribution is 0.224. The van der Waals surface area contributed by atoms with E-state index in [0.717, 1.165) is 16.5 Å². The maximum Gasteiger partial charge on any atom is 0.321 e. The molecular formula is C14H15N5O2S. The van der Waals surface area contributed by atoms with Crippen molar-refractivity contribution in [3.8, 4) is 0 Å². The van der Waals surface area contributed by atoms with E-state index in [1.807, 2.05) is 30.5 Å². The largest absolute Gasteiger partial charge is 0.394 e. The predicted octanol–water partition coefficient (Wildman–Crippen LogP) is 1.74. The van der Waals surface area contributed by atoms with Gasteiger partial charge in [-0.25, -0.2) is 4.79 Å². The number of hydrogen-bond acceptors (Lipinski definition) is 5. The third-order valence-corrected chi connectivity index (χ3v) is 3.88. The summed E-state index contributed by atoms with van der Waals surface area (Å²) >= 11 is 1.23. The number of carbonyl (C=O) groups excluding carboxylic acids is 1. The molecule has 0 bridgehead atoms. The molecule has 2 heterocycles. The lowest BCUT2D eigenvalue weighted by Gasteiger charge is -2.15. The molecule has 3 rings (SSSR count). The molecule has 7 nitrogen and oxygen atoms in total. The van der Waals surface area contributed by atoms with Gasteiger partial charge in [0.25, 0.3) is 0 Å². The van der Waals surface area contributed by atoms with E-state index in [4.69, 9.17) is 0 Å². The molecule has 0 fully saturated rings. The molecule has 22 heavy (non-hydrogen) atoms. The fourth-order valence-corrected chi connectivity index (χ4v) is 2.71. The Labute approximate surface area is 130 Å². The summed E-state index contributed by atoms with van der Waals surface area (Å²) in [6.07, 6.45) is 2.43. The first kappa shape index (κ1) is 14.5. The number of aliphatic hydroxyl groups is 1. The van der Waals surface area contributed by atoms with Crippen LogP contribution in [0.1, 0.15) is 5.56 Å². The molecule has 3 aromatic rings. The Kier molecular flexibility index (Phi) is 4.31. The number of rotatable bonds is 5. The first-order valence-corrected chi connectivity index (χ1v) is 7.64. The number of aromatic nitrogens is 3. The number of nitrogens with zero attached hydrogens (tertiary/aromatic N) is 2. The van der Waals surface area contributed by atoms with Crippen LogP contribution < -0.4 is 10.6 Å². The molecular weight excluding hydrogens is 302 g/mol. The first-order valence-electron chi connectivity index (χ1n) is 6.76. The number of aromatic amines is 1. The maximum absolute atomic E-state index is 11.9. The lowest BCUT2D eigenvalue weighted by Crippen LogP contribution is -2.41. The Bertz CT molecular complexity index is 756. The average molecular weight is 317 g/mol. The van der Waals surface area contributed by atoms with E-state index in [1.54, 1.807) is 0 Å². The summed E-state index contributed by atoms with van der Waals surface area (Å²) in [7, 11) is 0. The van der Waals surface area contributed by atoms with Gasteiger partial charge in [0, 0.05) is 17.1 Å². The van der Waals surface area contributed by atoms with Crippen molar-refractivity contribution in [2.45, 2.75) is 12.5 Å². The van der Waals surface area contributed by atoms with Gasteiger partial charge >= 0.3 is 6.03 Å². The first-order chi connectivity index (χ1) is 10.8. The molecule has 2 aromatic heterocycles. The maximum atomic E-state index is 11.9. The highest BCUT2D eigenvalue weighted by Crippen LogP contribution is 2.19. The number of para-hydroxylation sites is 1. The molecule has 1 atom stereocenters. The molecule has 1 unspecified atom stereocenters. The summed E-state index contributed by atoms with van der Waals surface area (Å²) in [6, 6.07) is 7.13. The van der Waals surface area contributed by atoms with E-state index in [2.05, 4.69) is 25.8 Å². The van der Waals surface area contributed by atoms with E-state index in [1.165, 1.54) is 16.8 Å².